The van der Waals surface area contributed by atoms with Gasteiger partial charge in [-0.1, -0.05) is 12.1 Å². The molecule has 0 saturated carbocycles. The molecular weight excluding hydrogens is 463 g/mol. The van der Waals surface area contributed by atoms with Crippen LogP contribution in [0.2, 0.25) is 0 Å². The molecule has 0 spiro atoms. The predicted molar refractivity (Wildman–Crippen MR) is 109 cm³/mol. The Bertz CT molecular complexity index is 1030. The molecule has 1 unspecified atom stereocenters. The maximum atomic E-state index is 12.4. The lowest BCUT2D eigenvalue weighted by Gasteiger charge is -2.37. The van der Waals surface area contributed by atoms with Gasteiger partial charge in [0.25, 0.3) is 0 Å². The second kappa shape index (κ2) is 9.00. The van der Waals surface area contributed by atoms with Crippen molar-refractivity contribution in [2.75, 3.05) is 32.7 Å². The van der Waals surface area contributed by atoms with Crippen molar-refractivity contribution in [1.29, 1.82) is 0 Å². The molecule has 2 aliphatic rings. The van der Waals surface area contributed by atoms with Gasteiger partial charge in [0.15, 0.2) is 0 Å². The first-order valence-electron chi connectivity index (χ1n) is 10.4. The summed E-state index contributed by atoms with van der Waals surface area (Å²) >= 11 is 0. The number of halogens is 3. The third-order valence-corrected chi connectivity index (χ3v) is 5.46. The van der Waals surface area contributed by atoms with Crippen molar-refractivity contribution < 1.29 is 37.1 Å². The predicted octanol–water partition coefficient (Wildman–Crippen LogP) is 2.80. The molecule has 1 saturated heterocycles. The maximum absolute atomic E-state index is 12.4. The Kier molecular flexibility index (Phi) is 6.25. The zero-order chi connectivity index (χ0) is 24.5. The van der Waals surface area contributed by atoms with Crippen molar-refractivity contribution in [2.45, 2.75) is 32.0 Å². The first kappa shape index (κ1) is 23.6. The quantitative estimate of drug-likeness (QED) is 0.454. The number of benzene rings is 1. The van der Waals surface area contributed by atoms with Gasteiger partial charge >= 0.3 is 24.3 Å². The topological polar surface area (TPSA) is 112 Å². The van der Waals surface area contributed by atoms with Gasteiger partial charge in [-0.25, -0.2) is 4.79 Å². The fraction of sp³-hybridized carbons (Fsp3) is 0.500. The molecule has 0 N–H and O–H groups in total. The summed E-state index contributed by atoms with van der Waals surface area (Å²) in [5, 5.41) is 10.8. The number of hydrogen-bond donors (Lipinski definition) is 0. The minimum atomic E-state index is -4.76. The molecule has 1 fully saturated rings. The largest absolute Gasteiger partial charge is 0.573 e. The Morgan fingerprint density at radius 1 is 1.24 bits per heavy atom. The van der Waals surface area contributed by atoms with E-state index in [2.05, 4.69) is 14.6 Å². The van der Waals surface area contributed by atoms with Crippen LogP contribution in [0.1, 0.15) is 12.5 Å². The SMILES string of the molecule is CC1(CN2CCN(C(=O)OCc3ccc(OC(F)(F)F)cc3)CC2)Cn2cc([N+](=O)[O-])nc2O1. The minimum absolute atomic E-state index is 0.0745. The Hall–Kier alpha value is -3.55. The number of ether oxygens (including phenoxy) is 3. The van der Waals surface area contributed by atoms with E-state index in [0.717, 1.165) is 12.1 Å². The molecule has 1 atom stereocenters. The monoisotopic (exact) mass is 485 g/mol. The van der Waals surface area contributed by atoms with Gasteiger partial charge in [-0.15, -0.1) is 13.2 Å². The van der Waals surface area contributed by atoms with E-state index in [1.165, 1.54) is 18.3 Å². The van der Waals surface area contributed by atoms with Crippen LogP contribution in [0.4, 0.5) is 23.8 Å². The van der Waals surface area contributed by atoms with Crippen molar-refractivity contribution in [1.82, 2.24) is 19.4 Å². The Labute approximate surface area is 191 Å². The Morgan fingerprint density at radius 2 is 1.91 bits per heavy atom. The molecule has 14 heteroatoms. The second-order valence-electron chi connectivity index (χ2n) is 8.33. The van der Waals surface area contributed by atoms with E-state index < -0.39 is 23.0 Å². The highest BCUT2D eigenvalue weighted by molar-refractivity contribution is 5.67. The summed E-state index contributed by atoms with van der Waals surface area (Å²) in [5.74, 6) is -0.602. The van der Waals surface area contributed by atoms with E-state index in [0.29, 0.717) is 44.8 Å². The number of aromatic nitrogens is 2. The van der Waals surface area contributed by atoms with Crippen LogP contribution < -0.4 is 9.47 Å². The molecule has 4 rings (SSSR count). The molecule has 1 aromatic heterocycles. The molecule has 34 heavy (non-hydrogen) atoms. The van der Waals surface area contributed by atoms with Crippen LogP contribution in [0, 0.1) is 10.1 Å². The van der Waals surface area contributed by atoms with E-state index in [1.807, 2.05) is 6.92 Å². The van der Waals surface area contributed by atoms with Gasteiger partial charge in [-0.05, 0) is 29.5 Å². The normalized spacial score (nSPS) is 20.5. The average Bonchev–Trinajstić information content (AvgIpc) is 3.27. The lowest BCUT2D eigenvalue weighted by atomic mass is 10.1. The number of nitro groups is 1. The number of imidazole rings is 1. The summed E-state index contributed by atoms with van der Waals surface area (Å²) in [6, 6.07) is 5.33. The summed E-state index contributed by atoms with van der Waals surface area (Å²) < 4.78 is 53.2. The fourth-order valence-electron chi connectivity index (χ4n) is 3.95. The van der Waals surface area contributed by atoms with Crippen LogP contribution in [0.3, 0.4) is 0 Å². The van der Waals surface area contributed by atoms with Crippen LogP contribution >= 0.6 is 0 Å². The highest BCUT2D eigenvalue weighted by atomic mass is 19.4. The van der Waals surface area contributed by atoms with Crippen LogP contribution in [-0.4, -0.2) is 75.1 Å². The lowest BCUT2D eigenvalue weighted by molar-refractivity contribution is -0.389. The zero-order valence-electron chi connectivity index (χ0n) is 18.2. The first-order chi connectivity index (χ1) is 16.0. The summed E-state index contributed by atoms with van der Waals surface area (Å²) in [5.41, 5.74) is -0.0622. The second-order valence-corrected chi connectivity index (χ2v) is 8.33. The Morgan fingerprint density at radius 3 is 2.50 bits per heavy atom. The molecule has 0 radical (unpaired) electrons. The van der Waals surface area contributed by atoms with Crippen molar-refractivity contribution in [3.8, 4) is 11.8 Å². The molecule has 11 nitrogen and oxygen atoms in total. The third-order valence-electron chi connectivity index (χ3n) is 5.46. The number of fused-ring (bicyclic) bond motifs is 1. The van der Waals surface area contributed by atoms with Gasteiger partial charge in [0.2, 0.25) is 0 Å². The highest BCUT2D eigenvalue weighted by Gasteiger charge is 2.42. The minimum Gasteiger partial charge on any atom is -0.445 e. The van der Waals surface area contributed by atoms with Gasteiger partial charge < -0.3 is 29.2 Å². The van der Waals surface area contributed by atoms with Crippen LogP contribution in [-0.2, 0) is 17.9 Å². The number of alkyl halides is 3. The molecule has 1 amide bonds. The summed E-state index contributed by atoms with van der Waals surface area (Å²) in [6.07, 6.45) is -3.92. The van der Waals surface area contributed by atoms with E-state index in [4.69, 9.17) is 9.47 Å². The molecule has 184 valence electrons. The van der Waals surface area contributed by atoms with Crippen LogP contribution in [0.25, 0.3) is 0 Å². The van der Waals surface area contributed by atoms with E-state index in [9.17, 15) is 28.1 Å². The molecule has 2 aliphatic heterocycles. The van der Waals surface area contributed by atoms with Crippen LogP contribution in [0.15, 0.2) is 30.5 Å². The number of amides is 1. The first-order valence-corrected chi connectivity index (χ1v) is 10.4. The number of rotatable bonds is 6. The van der Waals surface area contributed by atoms with Crippen molar-refractivity contribution >= 4 is 11.9 Å². The number of hydrogen-bond acceptors (Lipinski definition) is 8. The van der Waals surface area contributed by atoms with Gasteiger partial charge in [0.1, 0.15) is 24.2 Å². The molecule has 1 aromatic carbocycles. The van der Waals surface area contributed by atoms with E-state index in [1.54, 1.807) is 9.47 Å². The summed E-state index contributed by atoms with van der Waals surface area (Å²) in [7, 11) is 0. The molecule has 0 aliphatic carbocycles. The van der Waals surface area contributed by atoms with Gasteiger partial charge in [0.05, 0.1) is 6.54 Å². The highest BCUT2D eigenvalue weighted by Crippen LogP contribution is 2.31. The van der Waals surface area contributed by atoms with Crippen molar-refractivity contribution in [3.05, 3.63) is 46.1 Å². The van der Waals surface area contributed by atoms with Gasteiger partial charge in [-0.3, -0.25) is 9.47 Å². The molecule has 0 bridgehead atoms. The maximum Gasteiger partial charge on any atom is 0.573 e. The van der Waals surface area contributed by atoms with Crippen molar-refractivity contribution in [2.24, 2.45) is 0 Å². The number of nitrogens with zero attached hydrogens (tertiary/aromatic N) is 5. The van der Waals surface area contributed by atoms with Gasteiger partial charge in [0, 0.05) is 37.7 Å². The van der Waals surface area contributed by atoms with Crippen LogP contribution in [0.5, 0.6) is 11.8 Å². The smallest absolute Gasteiger partial charge is 0.445 e. The molecule has 3 heterocycles. The standard InChI is InChI=1S/C20H22F3N5O6/c1-19(13-27-10-16(28(30)31)24-17(27)34-19)12-25-6-8-26(9-7-25)18(29)32-11-14-2-4-15(5-3-14)33-20(21,22)23/h2-5,10H,6-9,11-13H2,1H3. The van der Waals surface area contributed by atoms with E-state index >= 15 is 0 Å². The lowest BCUT2D eigenvalue weighted by Crippen LogP contribution is -2.53. The number of carbonyl (C=O) groups excluding carboxylic acids is 1. The summed E-state index contributed by atoms with van der Waals surface area (Å²) in [4.78, 5) is 30.2. The molecule has 2 aromatic rings. The van der Waals surface area contributed by atoms with E-state index in [-0.39, 0.29) is 24.2 Å². The van der Waals surface area contributed by atoms with Crippen molar-refractivity contribution in [3.63, 3.8) is 0 Å². The molecular formula is C20H22F3N5O6. The summed E-state index contributed by atoms with van der Waals surface area (Å²) in [6.45, 7) is 4.85. The zero-order valence-corrected chi connectivity index (χ0v) is 18.2. The third kappa shape index (κ3) is 5.68. The fourth-order valence-corrected chi connectivity index (χ4v) is 3.95. The number of piperazine rings is 1. The average molecular weight is 485 g/mol. The number of carbonyl (C=O) groups is 1. The Balaban J connectivity index is 1.20. The van der Waals surface area contributed by atoms with Gasteiger partial charge in [-0.2, -0.15) is 0 Å².